The van der Waals surface area contributed by atoms with Crippen LogP contribution >= 0.6 is 0 Å². The zero-order valence-electron chi connectivity index (χ0n) is 11.3. The molecule has 1 atom stereocenters. The van der Waals surface area contributed by atoms with Crippen molar-refractivity contribution >= 4 is 17.0 Å². The van der Waals surface area contributed by atoms with Gasteiger partial charge in [-0.25, -0.2) is 15.0 Å². The summed E-state index contributed by atoms with van der Waals surface area (Å²) in [5, 5.41) is 10.0. The summed E-state index contributed by atoms with van der Waals surface area (Å²) >= 11 is 0. The third-order valence-electron chi connectivity index (χ3n) is 2.60. The Kier molecular flexibility index (Phi) is 4.67. The summed E-state index contributed by atoms with van der Waals surface area (Å²) in [6.45, 7) is 1.10. The van der Waals surface area contributed by atoms with Crippen LogP contribution in [0.3, 0.4) is 0 Å². The summed E-state index contributed by atoms with van der Waals surface area (Å²) in [5.74, 6) is 0.361. The number of fused-ring (bicyclic) bond motifs is 1. The number of anilines is 1. The van der Waals surface area contributed by atoms with Gasteiger partial charge in [-0.3, -0.25) is 0 Å². The molecule has 0 saturated carbocycles. The van der Waals surface area contributed by atoms with E-state index >= 15 is 0 Å². The van der Waals surface area contributed by atoms with E-state index in [1.165, 1.54) is 6.33 Å². The van der Waals surface area contributed by atoms with Crippen LogP contribution in [0.5, 0.6) is 0 Å². The number of halogens is 1. The number of nitrogen functional groups attached to an aromatic ring is 1. The lowest BCUT2D eigenvalue weighted by atomic mass is 10.3. The Bertz CT molecular complexity index is 550. The van der Waals surface area contributed by atoms with Crippen LogP contribution in [0.25, 0.3) is 11.2 Å². The van der Waals surface area contributed by atoms with E-state index in [9.17, 15) is 5.11 Å². The minimum absolute atomic E-state index is 0. The highest BCUT2D eigenvalue weighted by molar-refractivity contribution is 5.81. The molecule has 19 heavy (non-hydrogen) atoms. The van der Waals surface area contributed by atoms with Gasteiger partial charge < -0.3 is 32.3 Å². The summed E-state index contributed by atoms with van der Waals surface area (Å²) in [6.07, 6.45) is 2.58. The molecule has 0 aliphatic heterocycles. The molecule has 8 heteroatoms. The number of rotatable bonds is 4. The van der Waals surface area contributed by atoms with Crippen molar-refractivity contribution in [2.24, 2.45) is 0 Å². The number of aliphatic hydroxyl groups excluding tert-OH is 1. The van der Waals surface area contributed by atoms with Gasteiger partial charge in [-0.15, -0.1) is 0 Å². The maximum absolute atomic E-state index is 10.0. The Hall–Kier alpha value is -1.44. The molecule has 0 aromatic carbocycles. The second-order valence-electron chi connectivity index (χ2n) is 5.45. The lowest BCUT2D eigenvalue weighted by molar-refractivity contribution is -0.873. The molecule has 2 aromatic heterocycles. The van der Waals surface area contributed by atoms with Crippen molar-refractivity contribution in [2.45, 2.75) is 12.6 Å². The lowest BCUT2D eigenvalue weighted by Gasteiger charge is -2.26. The van der Waals surface area contributed by atoms with Crippen molar-refractivity contribution < 1.29 is 22.0 Å². The summed E-state index contributed by atoms with van der Waals surface area (Å²) < 4.78 is 2.50. The first-order valence-electron chi connectivity index (χ1n) is 5.76. The van der Waals surface area contributed by atoms with Crippen molar-refractivity contribution in [1.29, 1.82) is 0 Å². The van der Waals surface area contributed by atoms with Crippen LogP contribution in [-0.2, 0) is 6.54 Å². The fourth-order valence-electron chi connectivity index (χ4n) is 1.95. The molecule has 0 amide bonds. The first-order valence-corrected chi connectivity index (χ1v) is 5.76. The van der Waals surface area contributed by atoms with E-state index in [-0.39, 0.29) is 12.4 Å². The average molecular weight is 287 g/mol. The minimum Gasteiger partial charge on any atom is -1.00 e. The van der Waals surface area contributed by atoms with Gasteiger partial charge in [0.25, 0.3) is 0 Å². The number of aromatic nitrogens is 4. The van der Waals surface area contributed by atoms with Crippen molar-refractivity contribution in [3.05, 3.63) is 12.7 Å². The van der Waals surface area contributed by atoms with Crippen LogP contribution in [-0.4, -0.2) is 62.9 Å². The Morgan fingerprint density at radius 1 is 1.32 bits per heavy atom. The predicted molar refractivity (Wildman–Crippen MR) is 68.6 cm³/mol. The summed E-state index contributed by atoms with van der Waals surface area (Å²) in [5.41, 5.74) is 6.94. The van der Waals surface area contributed by atoms with E-state index in [1.54, 1.807) is 10.9 Å². The van der Waals surface area contributed by atoms with Gasteiger partial charge in [0.2, 0.25) is 0 Å². The van der Waals surface area contributed by atoms with Gasteiger partial charge in [0.05, 0.1) is 34.0 Å². The standard InChI is InChI=1S/C11H19N6O.ClH/c1-17(2,3)5-8(18)4-16-7-15-9-10(12)13-6-14-11(9)16;/h6-8,18H,4-5H2,1-3H3,(H2,12,13,14);1H/q+1;/p-1. The zero-order chi connectivity index (χ0) is 13.3. The monoisotopic (exact) mass is 286 g/mol. The molecule has 1 unspecified atom stereocenters. The fraction of sp³-hybridized carbons (Fsp3) is 0.545. The number of aliphatic hydroxyl groups is 1. The Morgan fingerprint density at radius 3 is 2.63 bits per heavy atom. The number of hydrogen-bond acceptors (Lipinski definition) is 5. The quantitative estimate of drug-likeness (QED) is 0.569. The lowest BCUT2D eigenvalue weighted by Crippen LogP contribution is -3.00. The van der Waals surface area contributed by atoms with Crippen molar-refractivity contribution in [3.8, 4) is 0 Å². The second kappa shape index (κ2) is 5.68. The van der Waals surface area contributed by atoms with E-state index in [0.29, 0.717) is 34.6 Å². The molecule has 2 rings (SSSR count). The van der Waals surface area contributed by atoms with Crippen LogP contribution < -0.4 is 18.1 Å². The topological polar surface area (TPSA) is 89.8 Å². The van der Waals surface area contributed by atoms with Crippen molar-refractivity contribution in [1.82, 2.24) is 19.5 Å². The van der Waals surface area contributed by atoms with E-state index in [0.717, 1.165) is 0 Å². The van der Waals surface area contributed by atoms with Gasteiger partial charge in [0.15, 0.2) is 11.5 Å². The van der Waals surface area contributed by atoms with Gasteiger partial charge >= 0.3 is 0 Å². The molecule has 0 radical (unpaired) electrons. The van der Waals surface area contributed by atoms with E-state index in [2.05, 4.69) is 15.0 Å². The van der Waals surface area contributed by atoms with Gasteiger partial charge in [-0.05, 0) is 0 Å². The van der Waals surface area contributed by atoms with E-state index in [4.69, 9.17) is 5.73 Å². The zero-order valence-corrected chi connectivity index (χ0v) is 12.0. The van der Waals surface area contributed by atoms with Crippen molar-refractivity contribution in [2.75, 3.05) is 33.4 Å². The van der Waals surface area contributed by atoms with Crippen LogP contribution in [0, 0.1) is 0 Å². The third kappa shape index (κ3) is 3.76. The molecule has 0 aliphatic carbocycles. The van der Waals surface area contributed by atoms with Crippen LogP contribution in [0.4, 0.5) is 5.82 Å². The second-order valence-corrected chi connectivity index (χ2v) is 5.45. The summed E-state index contributed by atoms with van der Waals surface area (Å²) in [4.78, 5) is 12.2. The number of nitrogens with zero attached hydrogens (tertiary/aromatic N) is 5. The molecular formula is C11H19ClN6O. The number of quaternary nitrogens is 1. The van der Waals surface area contributed by atoms with E-state index < -0.39 is 6.10 Å². The number of likely N-dealkylation sites (N-methyl/N-ethyl adjacent to an activating group) is 1. The first-order chi connectivity index (χ1) is 8.37. The van der Waals surface area contributed by atoms with Gasteiger partial charge in [-0.1, -0.05) is 0 Å². The van der Waals surface area contributed by atoms with Gasteiger partial charge in [0.1, 0.15) is 24.5 Å². The van der Waals surface area contributed by atoms with Crippen LogP contribution in [0.1, 0.15) is 0 Å². The number of hydrogen-bond donors (Lipinski definition) is 2. The highest BCUT2D eigenvalue weighted by atomic mass is 35.5. The molecule has 7 nitrogen and oxygen atoms in total. The molecule has 0 aliphatic rings. The molecule has 2 heterocycles. The number of imidazole rings is 1. The van der Waals surface area contributed by atoms with Crippen LogP contribution in [0.2, 0.25) is 0 Å². The van der Waals surface area contributed by atoms with E-state index in [1.807, 2.05) is 21.1 Å². The molecular weight excluding hydrogens is 268 g/mol. The molecule has 3 N–H and O–H groups in total. The summed E-state index contributed by atoms with van der Waals surface area (Å²) in [7, 11) is 6.11. The molecule has 0 spiro atoms. The molecule has 0 bridgehead atoms. The SMILES string of the molecule is C[N+](C)(C)CC(O)Cn1cnc2c(N)ncnc21.[Cl-]. The Morgan fingerprint density at radius 2 is 2.00 bits per heavy atom. The molecule has 0 saturated heterocycles. The maximum Gasteiger partial charge on any atom is 0.165 e. The maximum atomic E-state index is 10.0. The number of nitrogens with two attached hydrogens (primary N) is 1. The van der Waals surface area contributed by atoms with Crippen molar-refractivity contribution in [3.63, 3.8) is 0 Å². The highest BCUT2D eigenvalue weighted by Crippen LogP contribution is 2.14. The molecule has 0 fully saturated rings. The normalized spacial score (nSPS) is 13.3. The predicted octanol–water partition coefficient (Wildman–Crippen LogP) is -3.52. The van der Waals surface area contributed by atoms with Gasteiger partial charge in [-0.2, -0.15) is 0 Å². The smallest absolute Gasteiger partial charge is 0.165 e. The Balaban J connectivity index is 0.00000180. The average Bonchev–Trinajstić information content (AvgIpc) is 2.60. The molecule has 2 aromatic rings. The van der Waals surface area contributed by atoms with Gasteiger partial charge in [0, 0.05) is 0 Å². The first kappa shape index (κ1) is 15.6. The largest absolute Gasteiger partial charge is 1.00 e. The molecule has 106 valence electrons. The highest BCUT2D eigenvalue weighted by Gasteiger charge is 2.17. The third-order valence-corrected chi connectivity index (χ3v) is 2.60. The Labute approximate surface area is 118 Å². The van der Waals surface area contributed by atoms with Crippen LogP contribution in [0.15, 0.2) is 12.7 Å². The fourth-order valence-corrected chi connectivity index (χ4v) is 1.95. The summed E-state index contributed by atoms with van der Waals surface area (Å²) in [6, 6.07) is 0. The minimum atomic E-state index is -0.460.